The molecule has 0 amide bonds. The predicted molar refractivity (Wildman–Crippen MR) is 85.0 cm³/mol. The minimum absolute atomic E-state index is 0.236. The fraction of sp³-hybridized carbons (Fsp3) is 0.278. The Bertz CT molecular complexity index is 563. The molecule has 1 aliphatic rings. The van der Waals surface area contributed by atoms with E-state index in [9.17, 15) is 9.90 Å². The lowest BCUT2D eigenvalue weighted by Gasteiger charge is -2.09. The molecular weight excluding hydrogens is 248 g/mol. The summed E-state index contributed by atoms with van der Waals surface area (Å²) >= 11 is 0. The Labute approximate surface area is 121 Å². The van der Waals surface area contributed by atoms with Crippen LogP contribution in [0.5, 0.6) is 5.75 Å². The van der Waals surface area contributed by atoms with Gasteiger partial charge in [0.2, 0.25) is 0 Å². The number of rotatable bonds is 2. The quantitative estimate of drug-likeness (QED) is 0.792. The maximum absolute atomic E-state index is 10.9. The molecule has 1 N–H and O–H groups in total. The molecule has 2 nitrogen and oxygen atoms in total. The monoisotopic (exact) mass is 270 g/mol. The van der Waals surface area contributed by atoms with E-state index in [2.05, 4.69) is 19.1 Å². The Morgan fingerprint density at radius 2 is 1.90 bits per heavy atom. The van der Waals surface area contributed by atoms with Crippen LogP contribution in [0.3, 0.4) is 0 Å². The van der Waals surface area contributed by atoms with Gasteiger partial charge >= 0.3 is 0 Å². The SMILES string of the molecule is CC.Cc1cc(C=O)cc(C2=CC=CC(C)C=C2)c1O. The molecule has 0 spiro atoms. The van der Waals surface area contributed by atoms with Gasteiger partial charge in [-0.3, -0.25) is 4.79 Å². The van der Waals surface area contributed by atoms with Gasteiger partial charge in [-0.1, -0.05) is 51.2 Å². The van der Waals surface area contributed by atoms with Crippen molar-refractivity contribution in [2.45, 2.75) is 27.7 Å². The van der Waals surface area contributed by atoms with E-state index in [-0.39, 0.29) is 5.75 Å². The van der Waals surface area contributed by atoms with Crippen molar-refractivity contribution in [3.05, 3.63) is 59.2 Å². The van der Waals surface area contributed by atoms with E-state index in [0.717, 1.165) is 11.9 Å². The average Bonchev–Trinajstić information content (AvgIpc) is 2.68. The summed E-state index contributed by atoms with van der Waals surface area (Å²) in [5, 5.41) is 10.1. The molecule has 106 valence electrons. The van der Waals surface area contributed by atoms with E-state index in [0.29, 0.717) is 22.6 Å². The van der Waals surface area contributed by atoms with Gasteiger partial charge in [0.15, 0.2) is 0 Å². The summed E-state index contributed by atoms with van der Waals surface area (Å²) in [6.45, 7) is 7.89. The molecule has 0 saturated heterocycles. The van der Waals surface area contributed by atoms with Crippen LogP contribution in [0.2, 0.25) is 0 Å². The minimum atomic E-state index is 0.236. The standard InChI is InChI=1S/C16H16O2.C2H6/c1-11-4-3-5-14(7-6-11)15-9-13(10-17)8-12(2)16(15)18;1-2/h3-11,18H,1-2H3;1-2H3. The maximum Gasteiger partial charge on any atom is 0.150 e. The van der Waals surface area contributed by atoms with Crippen molar-refractivity contribution < 1.29 is 9.90 Å². The summed E-state index contributed by atoms with van der Waals surface area (Å²) in [6.07, 6.45) is 10.9. The van der Waals surface area contributed by atoms with Gasteiger partial charge in [-0.25, -0.2) is 0 Å². The molecule has 1 aromatic carbocycles. The number of carbonyl (C=O) groups is 1. The van der Waals surface area contributed by atoms with Crippen LogP contribution in [0.15, 0.2) is 42.5 Å². The third-order valence-corrected chi connectivity index (χ3v) is 3.04. The number of aromatic hydroxyl groups is 1. The van der Waals surface area contributed by atoms with Crippen molar-refractivity contribution >= 4 is 11.9 Å². The highest BCUT2D eigenvalue weighted by Gasteiger charge is 2.10. The highest BCUT2D eigenvalue weighted by Crippen LogP contribution is 2.31. The second kappa shape index (κ2) is 7.49. The molecule has 0 saturated carbocycles. The molecule has 20 heavy (non-hydrogen) atoms. The molecule has 0 radical (unpaired) electrons. The zero-order valence-corrected chi connectivity index (χ0v) is 12.6. The van der Waals surface area contributed by atoms with E-state index in [1.165, 1.54) is 0 Å². The molecule has 0 fully saturated rings. The fourth-order valence-electron chi connectivity index (χ4n) is 1.98. The highest BCUT2D eigenvalue weighted by molar-refractivity contribution is 5.85. The Morgan fingerprint density at radius 1 is 1.20 bits per heavy atom. The number of phenolic OH excluding ortho intramolecular Hbond substituents is 1. The third kappa shape index (κ3) is 3.70. The van der Waals surface area contributed by atoms with E-state index in [4.69, 9.17) is 0 Å². The van der Waals surface area contributed by atoms with Crippen LogP contribution >= 0.6 is 0 Å². The smallest absolute Gasteiger partial charge is 0.150 e. The lowest BCUT2D eigenvalue weighted by molar-refractivity contribution is 0.112. The van der Waals surface area contributed by atoms with E-state index >= 15 is 0 Å². The van der Waals surface area contributed by atoms with Crippen LogP contribution in [0.4, 0.5) is 0 Å². The number of aldehydes is 1. The molecule has 0 aliphatic heterocycles. The first kappa shape index (κ1) is 16.0. The largest absolute Gasteiger partial charge is 0.507 e. The van der Waals surface area contributed by atoms with Crippen molar-refractivity contribution in [1.82, 2.24) is 0 Å². The number of aryl methyl sites for hydroxylation is 1. The van der Waals surface area contributed by atoms with E-state index in [1.807, 2.05) is 32.1 Å². The minimum Gasteiger partial charge on any atom is -0.507 e. The molecule has 0 heterocycles. The Morgan fingerprint density at radius 3 is 2.55 bits per heavy atom. The second-order valence-electron chi connectivity index (χ2n) is 4.58. The molecule has 1 unspecified atom stereocenters. The summed E-state index contributed by atoms with van der Waals surface area (Å²) < 4.78 is 0. The van der Waals surface area contributed by atoms with E-state index in [1.54, 1.807) is 19.1 Å². The number of hydrogen-bond acceptors (Lipinski definition) is 2. The van der Waals surface area contributed by atoms with Crippen LogP contribution in [0.25, 0.3) is 5.57 Å². The molecule has 2 heteroatoms. The van der Waals surface area contributed by atoms with Crippen molar-refractivity contribution in [2.24, 2.45) is 5.92 Å². The van der Waals surface area contributed by atoms with Gasteiger partial charge in [-0.05, 0) is 36.1 Å². The first-order valence-corrected chi connectivity index (χ1v) is 6.97. The van der Waals surface area contributed by atoms with Crippen LogP contribution in [0, 0.1) is 12.8 Å². The predicted octanol–water partition coefficient (Wildman–Crippen LogP) is 4.68. The van der Waals surface area contributed by atoms with Gasteiger partial charge in [0.1, 0.15) is 12.0 Å². The number of hydrogen-bond donors (Lipinski definition) is 1. The average molecular weight is 270 g/mol. The molecule has 1 atom stereocenters. The molecule has 0 aromatic heterocycles. The van der Waals surface area contributed by atoms with Gasteiger partial charge < -0.3 is 5.11 Å². The van der Waals surface area contributed by atoms with Gasteiger partial charge in [0.25, 0.3) is 0 Å². The fourth-order valence-corrected chi connectivity index (χ4v) is 1.98. The summed E-state index contributed by atoms with van der Waals surface area (Å²) in [5.41, 5.74) is 2.91. The summed E-state index contributed by atoms with van der Waals surface area (Å²) in [4.78, 5) is 10.9. The highest BCUT2D eigenvalue weighted by atomic mass is 16.3. The van der Waals surface area contributed by atoms with Crippen LogP contribution in [0.1, 0.15) is 42.3 Å². The zero-order chi connectivity index (χ0) is 15.1. The third-order valence-electron chi connectivity index (χ3n) is 3.04. The lowest BCUT2D eigenvalue weighted by Crippen LogP contribution is -1.90. The topological polar surface area (TPSA) is 37.3 Å². The summed E-state index contributed by atoms with van der Waals surface area (Å²) in [7, 11) is 0. The molecule has 2 rings (SSSR count). The lowest BCUT2D eigenvalue weighted by atomic mass is 9.98. The van der Waals surface area contributed by atoms with Crippen LogP contribution in [-0.2, 0) is 0 Å². The van der Waals surface area contributed by atoms with Crippen molar-refractivity contribution in [3.8, 4) is 5.75 Å². The number of benzene rings is 1. The first-order chi connectivity index (χ1) is 9.61. The molecule has 1 aliphatic carbocycles. The van der Waals surface area contributed by atoms with Crippen molar-refractivity contribution in [3.63, 3.8) is 0 Å². The number of allylic oxidation sites excluding steroid dienone is 6. The Kier molecular flexibility index (Phi) is 5.98. The second-order valence-corrected chi connectivity index (χ2v) is 4.58. The van der Waals surface area contributed by atoms with Crippen LogP contribution in [-0.4, -0.2) is 11.4 Å². The van der Waals surface area contributed by atoms with Gasteiger partial charge in [-0.2, -0.15) is 0 Å². The molecule has 0 bridgehead atoms. The summed E-state index contributed by atoms with van der Waals surface area (Å²) in [6, 6.07) is 3.40. The van der Waals surface area contributed by atoms with Gasteiger partial charge in [0, 0.05) is 11.1 Å². The maximum atomic E-state index is 10.9. The normalized spacial score (nSPS) is 16.8. The van der Waals surface area contributed by atoms with Crippen LogP contribution < -0.4 is 0 Å². The molecule has 1 aromatic rings. The molecular formula is C18H22O2. The van der Waals surface area contributed by atoms with Crippen molar-refractivity contribution in [2.75, 3.05) is 0 Å². The Hall–Kier alpha value is -2.09. The first-order valence-electron chi connectivity index (χ1n) is 6.97. The number of carbonyl (C=O) groups excluding carboxylic acids is 1. The van der Waals surface area contributed by atoms with Gasteiger partial charge in [0.05, 0.1) is 0 Å². The number of phenols is 1. The summed E-state index contributed by atoms with van der Waals surface area (Å²) in [5.74, 6) is 0.607. The van der Waals surface area contributed by atoms with E-state index < -0.39 is 0 Å². The zero-order valence-electron chi connectivity index (χ0n) is 12.6. The van der Waals surface area contributed by atoms with Gasteiger partial charge in [-0.15, -0.1) is 0 Å². The Balaban J connectivity index is 0.000000956. The van der Waals surface area contributed by atoms with Crippen molar-refractivity contribution in [1.29, 1.82) is 0 Å².